The molecule has 0 amide bonds. The largest absolute Gasteiger partial charge is 0.456 e. The Labute approximate surface area is 365 Å². The first-order chi connectivity index (χ1) is 31.2. The molecule has 0 radical (unpaired) electrons. The monoisotopic (exact) mass is 804 g/mol. The van der Waals surface area contributed by atoms with Gasteiger partial charge in [0.05, 0.1) is 16.8 Å². The average molecular weight is 805 g/mol. The van der Waals surface area contributed by atoms with E-state index in [1.54, 1.807) is 0 Å². The smallest absolute Gasteiger partial charge is 0.139 e. The SMILES string of the molecule is c1ccc(-c2ccc3cc(N(c4ccccc4)c4cc(N(c5ccccc5)c5ccc6cc(-c7ccccc7)ccc6c5)c5c(c4)oc4ccc6ccccc6c45)ccc3c2)cc1. The highest BCUT2D eigenvalue weighted by atomic mass is 16.3. The van der Waals surface area contributed by atoms with Gasteiger partial charge >= 0.3 is 0 Å². The number of rotatable bonds is 8. The molecule has 0 aliphatic rings. The van der Waals surface area contributed by atoms with Crippen molar-refractivity contribution in [1.82, 2.24) is 0 Å². The van der Waals surface area contributed by atoms with Crippen molar-refractivity contribution < 1.29 is 4.42 Å². The van der Waals surface area contributed by atoms with Crippen molar-refractivity contribution in [2.24, 2.45) is 0 Å². The lowest BCUT2D eigenvalue weighted by Gasteiger charge is -2.30. The molecule has 0 bridgehead atoms. The molecule has 0 saturated heterocycles. The fourth-order valence-corrected chi connectivity index (χ4v) is 9.33. The molecule has 0 saturated carbocycles. The van der Waals surface area contributed by atoms with Crippen LogP contribution in [0.2, 0.25) is 0 Å². The summed E-state index contributed by atoms with van der Waals surface area (Å²) in [5.74, 6) is 0. The highest BCUT2D eigenvalue weighted by molar-refractivity contribution is 6.24. The van der Waals surface area contributed by atoms with Crippen molar-refractivity contribution in [2.45, 2.75) is 0 Å². The Bertz CT molecular complexity index is 3620. The van der Waals surface area contributed by atoms with Crippen molar-refractivity contribution in [2.75, 3.05) is 9.80 Å². The Kier molecular flexibility index (Phi) is 8.83. The summed E-state index contributed by atoms with van der Waals surface area (Å²) in [6.07, 6.45) is 0. The third-order valence-corrected chi connectivity index (χ3v) is 12.3. The molecule has 0 aliphatic carbocycles. The second-order valence-corrected chi connectivity index (χ2v) is 16.2. The van der Waals surface area contributed by atoms with Crippen molar-refractivity contribution in [3.8, 4) is 22.3 Å². The summed E-state index contributed by atoms with van der Waals surface area (Å²) in [4.78, 5) is 4.76. The summed E-state index contributed by atoms with van der Waals surface area (Å²) >= 11 is 0. The number of furan rings is 1. The van der Waals surface area contributed by atoms with Crippen molar-refractivity contribution >= 4 is 88.4 Å². The highest BCUT2D eigenvalue weighted by Gasteiger charge is 2.25. The third kappa shape index (κ3) is 6.55. The van der Waals surface area contributed by atoms with Gasteiger partial charge in [-0.05, 0) is 127 Å². The Morgan fingerprint density at radius 3 is 1.33 bits per heavy atom. The summed E-state index contributed by atoms with van der Waals surface area (Å²) in [6, 6.07) is 87.2. The van der Waals surface area contributed by atoms with Gasteiger partial charge in [0, 0.05) is 34.2 Å². The molecule has 63 heavy (non-hydrogen) atoms. The van der Waals surface area contributed by atoms with Gasteiger partial charge < -0.3 is 14.2 Å². The topological polar surface area (TPSA) is 19.6 Å². The van der Waals surface area contributed by atoms with Crippen LogP contribution >= 0.6 is 0 Å². The molecule has 1 aromatic heterocycles. The first kappa shape index (κ1) is 36.5. The van der Waals surface area contributed by atoms with Gasteiger partial charge in [0.1, 0.15) is 11.2 Å². The molecule has 12 aromatic rings. The lowest BCUT2D eigenvalue weighted by Crippen LogP contribution is -2.13. The second-order valence-electron chi connectivity index (χ2n) is 16.2. The standard InChI is InChI=1S/C60H40N2O/c1-5-15-41(16-6-1)44-25-27-48-37-52(32-29-46(48)35-44)61(50-20-9-3-10-21-50)54-39-56(60-58(40-54)63-57-34-31-43-19-13-14-24-55(43)59(57)60)62(51-22-11-4-12-23-51)53-33-30-47-36-45(26-28-49(47)38-53)42-17-7-2-8-18-42/h1-40H. The maximum atomic E-state index is 6.98. The van der Waals surface area contributed by atoms with Gasteiger partial charge in [0.15, 0.2) is 0 Å². The molecule has 0 spiro atoms. The molecule has 11 aromatic carbocycles. The predicted octanol–water partition coefficient (Wildman–Crippen LogP) is 17.3. The van der Waals surface area contributed by atoms with Crippen molar-refractivity contribution in [3.63, 3.8) is 0 Å². The third-order valence-electron chi connectivity index (χ3n) is 12.3. The minimum absolute atomic E-state index is 0.817. The van der Waals surface area contributed by atoms with Gasteiger partial charge in [-0.2, -0.15) is 0 Å². The fourth-order valence-electron chi connectivity index (χ4n) is 9.33. The first-order valence-electron chi connectivity index (χ1n) is 21.5. The minimum atomic E-state index is 0.817. The minimum Gasteiger partial charge on any atom is -0.456 e. The fraction of sp³-hybridized carbons (Fsp3) is 0. The summed E-state index contributed by atoms with van der Waals surface area (Å²) in [6.45, 7) is 0. The number of anilines is 6. The van der Waals surface area contributed by atoms with E-state index in [0.717, 1.165) is 61.4 Å². The van der Waals surface area contributed by atoms with E-state index in [9.17, 15) is 0 Å². The lowest BCUT2D eigenvalue weighted by atomic mass is 9.99. The molecule has 3 nitrogen and oxygen atoms in total. The van der Waals surface area contributed by atoms with E-state index in [1.807, 2.05) is 0 Å². The second kappa shape index (κ2) is 15.3. The molecule has 0 N–H and O–H groups in total. The van der Waals surface area contributed by atoms with Gasteiger partial charge in [-0.3, -0.25) is 0 Å². The Hall–Kier alpha value is -8.40. The predicted molar refractivity (Wildman–Crippen MR) is 266 cm³/mol. The quantitative estimate of drug-likeness (QED) is 0.153. The van der Waals surface area contributed by atoms with Crippen LogP contribution in [0.3, 0.4) is 0 Å². The molecular weight excluding hydrogens is 765 g/mol. The number of hydrogen-bond donors (Lipinski definition) is 0. The average Bonchev–Trinajstić information content (AvgIpc) is 3.74. The Morgan fingerprint density at radius 2 is 0.730 bits per heavy atom. The van der Waals surface area contributed by atoms with Gasteiger partial charge in [-0.1, -0.05) is 164 Å². The van der Waals surface area contributed by atoms with E-state index in [-0.39, 0.29) is 0 Å². The molecule has 3 heteroatoms. The molecule has 0 aliphatic heterocycles. The maximum Gasteiger partial charge on any atom is 0.139 e. The van der Waals surface area contributed by atoms with Gasteiger partial charge in [-0.15, -0.1) is 0 Å². The Balaban J connectivity index is 1.10. The van der Waals surface area contributed by atoms with Crippen LogP contribution in [-0.4, -0.2) is 0 Å². The number of hydrogen-bond acceptors (Lipinski definition) is 3. The molecule has 296 valence electrons. The van der Waals surface area contributed by atoms with Crippen molar-refractivity contribution in [1.29, 1.82) is 0 Å². The molecular formula is C60H40N2O. The van der Waals surface area contributed by atoms with E-state index in [1.165, 1.54) is 49.2 Å². The van der Waals surface area contributed by atoms with Crippen LogP contribution in [0.4, 0.5) is 34.1 Å². The number of para-hydroxylation sites is 2. The van der Waals surface area contributed by atoms with Crippen molar-refractivity contribution in [3.05, 3.63) is 243 Å². The van der Waals surface area contributed by atoms with Crippen LogP contribution < -0.4 is 9.80 Å². The maximum absolute atomic E-state index is 6.98. The molecule has 0 fully saturated rings. The van der Waals surface area contributed by atoms with E-state index in [2.05, 4.69) is 252 Å². The Morgan fingerprint density at radius 1 is 0.254 bits per heavy atom. The van der Waals surface area contributed by atoms with Gasteiger partial charge in [-0.25, -0.2) is 0 Å². The summed E-state index contributed by atoms with van der Waals surface area (Å²) in [5.41, 5.74) is 12.7. The van der Waals surface area contributed by atoms with Crippen LogP contribution in [-0.2, 0) is 0 Å². The van der Waals surface area contributed by atoms with Crippen LogP contribution in [0.15, 0.2) is 247 Å². The number of benzene rings is 11. The van der Waals surface area contributed by atoms with E-state index < -0.39 is 0 Å². The first-order valence-corrected chi connectivity index (χ1v) is 21.5. The highest BCUT2D eigenvalue weighted by Crippen LogP contribution is 2.49. The summed E-state index contributed by atoms with van der Waals surface area (Å²) < 4.78 is 6.98. The molecule has 1 heterocycles. The molecule has 0 atom stereocenters. The van der Waals surface area contributed by atoms with Crippen LogP contribution in [0, 0.1) is 0 Å². The van der Waals surface area contributed by atoms with E-state index in [4.69, 9.17) is 4.42 Å². The van der Waals surface area contributed by atoms with Gasteiger partial charge in [0.25, 0.3) is 0 Å². The van der Waals surface area contributed by atoms with Crippen LogP contribution in [0.25, 0.3) is 76.5 Å². The van der Waals surface area contributed by atoms with E-state index >= 15 is 0 Å². The summed E-state index contributed by atoms with van der Waals surface area (Å²) in [5, 5.41) is 9.21. The zero-order valence-corrected chi connectivity index (χ0v) is 34.4. The van der Waals surface area contributed by atoms with E-state index in [0.29, 0.717) is 0 Å². The zero-order chi connectivity index (χ0) is 41.7. The van der Waals surface area contributed by atoms with Crippen LogP contribution in [0.5, 0.6) is 0 Å². The van der Waals surface area contributed by atoms with Gasteiger partial charge in [0.2, 0.25) is 0 Å². The summed E-state index contributed by atoms with van der Waals surface area (Å²) in [7, 11) is 0. The molecule has 12 rings (SSSR count). The van der Waals surface area contributed by atoms with Crippen LogP contribution in [0.1, 0.15) is 0 Å². The zero-order valence-electron chi connectivity index (χ0n) is 34.4. The normalized spacial score (nSPS) is 11.5. The number of nitrogens with zero attached hydrogens (tertiary/aromatic N) is 2. The lowest BCUT2D eigenvalue weighted by molar-refractivity contribution is 0.669. The molecule has 0 unspecified atom stereocenters. The number of fused-ring (bicyclic) bond motifs is 7.